The molecule has 3 aromatic rings. The number of halogens is 3. The number of benzene rings is 1. The van der Waals surface area contributed by atoms with Crippen LogP contribution < -0.4 is 14.8 Å². The normalized spacial score (nSPS) is 13.9. The third-order valence-corrected chi connectivity index (χ3v) is 4.76. The van der Waals surface area contributed by atoms with E-state index in [0.29, 0.717) is 58.6 Å². The number of hydrogen-bond acceptors (Lipinski definition) is 6. The fraction of sp³-hybridized carbons (Fsp3) is 0.250. The molecule has 5 nitrogen and oxygen atoms in total. The number of rotatable bonds is 3. The number of alkyl halides is 3. The van der Waals surface area contributed by atoms with E-state index in [-0.39, 0.29) is 0 Å². The van der Waals surface area contributed by atoms with Crippen molar-refractivity contribution >= 4 is 27.4 Å². The first-order valence-electron chi connectivity index (χ1n) is 7.45. The summed E-state index contributed by atoms with van der Waals surface area (Å²) >= 11 is 0.606. The predicted molar refractivity (Wildman–Crippen MR) is 87.2 cm³/mol. The van der Waals surface area contributed by atoms with Gasteiger partial charge in [0.25, 0.3) is 0 Å². The molecular weight excluding hydrogens is 355 g/mol. The second kappa shape index (κ2) is 6.07. The summed E-state index contributed by atoms with van der Waals surface area (Å²) in [6.07, 6.45) is -3.14. The highest BCUT2D eigenvalue weighted by atomic mass is 32.1. The standard InChI is InChI=1S/C16H12F3N3O2S/c17-16(18,19)13-6-10-14(21-8-22-15(10)25-13)20-7-9-1-2-11-12(5-9)24-4-3-23-11/h1-2,5-6,8H,3-4,7H2,(H,20,21,22). The first-order valence-corrected chi connectivity index (χ1v) is 8.26. The zero-order chi connectivity index (χ0) is 17.4. The Morgan fingerprint density at radius 3 is 2.68 bits per heavy atom. The number of hydrogen-bond donors (Lipinski definition) is 1. The van der Waals surface area contributed by atoms with Gasteiger partial charge in [0.2, 0.25) is 0 Å². The molecule has 0 fully saturated rings. The first kappa shape index (κ1) is 15.9. The summed E-state index contributed by atoms with van der Waals surface area (Å²) in [7, 11) is 0. The monoisotopic (exact) mass is 367 g/mol. The molecule has 9 heteroatoms. The first-order chi connectivity index (χ1) is 12.0. The van der Waals surface area contributed by atoms with Crippen molar-refractivity contribution in [1.29, 1.82) is 0 Å². The third kappa shape index (κ3) is 3.19. The van der Waals surface area contributed by atoms with Crippen molar-refractivity contribution in [3.8, 4) is 11.5 Å². The van der Waals surface area contributed by atoms with Crippen LogP contribution in [-0.2, 0) is 12.7 Å². The molecule has 1 aromatic carbocycles. The number of nitrogens with one attached hydrogen (secondary N) is 1. The van der Waals surface area contributed by atoms with Crippen LogP contribution in [-0.4, -0.2) is 23.2 Å². The summed E-state index contributed by atoms with van der Waals surface area (Å²) < 4.78 is 49.6. The van der Waals surface area contributed by atoms with E-state index in [9.17, 15) is 13.2 Å². The molecule has 0 amide bonds. The maximum Gasteiger partial charge on any atom is 0.425 e. The van der Waals surface area contributed by atoms with Crippen molar-refractivity contribution in [1.82, 2.24) is 9.97 Å². The van der Waals surface area contributed by atoms with Crippen molar-refractivity contribution in [2.75, 3.05) is 18.5 Å². The van der Waals surface area contributed by atoms with Crippen LogP contribution >= 0.6 is 11.3 Å². The van der Waals surface area contributed by atoms with Crippen LogP contribution in [0.15, 0.2) is 30.6 Å². The Bertz CT molecular complexity index is 927. The molecule has 0 spiro atoms. The van der Waals surface area contributed by atoms with Crippen LogP contribution in [0.1, 0.15) is 10.4 Å². The van der Waals surface area contributed by atoms with Crippen molar-refractivity contribution in [2.45, 2.75) is 12.7 Å². The molecule has 0 bridgehead atoms. The van der Waals surface area contributed by atoms with Gasteiger partial charge in [-0.1, -0.05) is 6.07 Å². The van der Waals surface area contributed by atoms with E-state index in [1.165, 1.54) is 6.33 Å². The van der Waals surface area contributed by atoms with Crippen molar-refractivity contribution in [3.63, 3.8) is 0 Å². The van der Waals surface area contributed by atoms with Crippen molar-refractivity contribution in [3.05, 3.63) is 41.0 Å². The molecule has 0 aliphatic carbocycles. The van der Waals surface area contributed by atoms with Gasteiger partial charge in [0, 0.05) is 6.54 Å². The molecule has 4 rings (SSSR count). The van der Waals surface area contributed by atoms with E-state index in [4.69, 9.17) is 9.47 Å². The lowest BCUT2D eigenvalue weighted by Crippen LogP contribution is -2.15. The van der Waals surface area contributed by atoms with Gasteiger partial charge < -0.3 is 14.8 Å². The van der Waals surface area contributed by atoms with Gasteiger partial charge >= 0.3 is 6.18 Å². The molecule has 2 aromatic heterocycles. The van der Waals surface area contributed by atoms with E-state index < -0.39 is 11.1 Å². The molecule has 0 radical (unpaired) electrons. The van der Waals surface area contributed by atoms with Gasteiger partial charge in [-0.2, -0.15) is 13.2 Å². The van der Waals surface area contributed by atoms with Gasteiger partial charge in [0.05, 0.1) is 5.39 Å². The molecule has 3 heterocycles. The van der Waals surface area contributed by atoms with Gasteiger partial charge in [-0.3, -0.25) is 0 Å². The molecule has 1 N–H and O–H groups in total. The fourth-order valence-electron chi connectivity index (χ4n) is 2.52. The topological polar surface area (TPSA) is 56.3 Å². The predicted octanol–water partition coefficient (Wildman–Crippen LogP) is 4.09. The Balaban J connectivity index is 1.58. The van der Waals surface area contributed by atoms with E-state index in [2.05, 4.69) is 15.3 Å². The number of anilines is 1. The highest BCUT2D eigenvalue weighted by Crippen LogP contribution is 2.39. The molecular formula is C16H12F3N3O2S. The van der Waals surface area contributed by atoms with Gasteiger partial charge in [0.15, 0.2) is 11.5 Å². The number of nitrogens with zero attached hydrogens (tertiary/aromatic N) is 2. The molecule has 0 atom stereocenters. The summed E-state index contributed by atoms with van der Waals surface area (Å²) in [5.41, 5.74) is 0.905. The largest absolute Gasteiger partial charge is 0.486 e. The minimum atomic E-state index is -4.39. The Morgan fingerprint density at radius 2 is 1.88 bits per heavy atom. The average Bonchev–Trinajstić information content (AvgIpc) is 3.05. The van der Waals surface area contributed by atoms with Crippen LogP contribution in [0.25, 0.3) is 10.2 Å². The van der Waals surface area contributed by atoms with Crippen LogP contribution in [0, 0.1) is 0 Å². The van der Waals surface area contributed by atoms with Gasteiger partial charge in [-0.15, -0.1) is 11.3 Å². The third-order valence-electron chi connectivity index (χ3n) is 3.68. The fourth-order valence-corrected chi connectivity index (χ4v) is 3.39. The zero-order valence-electron chi connectivity index (χ0n) is 12.8. The van der Waals surface area contributed by atoms with E-state index in [0.717, 1.165) is 11.6 Å². The summed E-state index contributed by atoms with van der Waals surface area (Å²) in [6.45, 7) is 1.40. The van der Waals surface area contributed by atoms with Crippen LogP contribution in [0.2, 0.25) is 0 Å². The molecule has 1 aliphatic heterocycles. The molecule has 25 heavy (non-hydrogen) atoms. The molecule has 1 aliphatic rings. The lowest BCUT2D eigenvalue weighted by Gasteiger charge is -2.19. The highest BCUT2D eigenvalue weighted by molar-refractivity contribution is 7.18. The lowest BCUT2D eigenvalue weighted by atomic mass is 10.2. The number of aromatic nitrogens is 2. The summed E-state index contributed by atoms with van der Waals surface area (Å²) in [4.78, 5) is 7.59. The van der Waals surface area contributed by atoms with Gasteiger partial charge in [-0.25, -0.2) is 9.97 Å². The Labute approximate surface area is 144 Å². The minimum Gasteiger partial charge on any atom is -0.486 e. The second-order valence-electron chi connectivity index (χ2n) is 5.38. The smallest absolute Gasteiger partial charge is 0.425 e. The van der Waals surface area contributed by atoms with Gasteiger partial charge in [0.1, 0.15) is 35.1 Å². The van der Waals surface area contributed by atoms with E-state index in [1.807, 2.05) is 18.2 Å². The van der Waals surface area contributed by atoms with Crippen LogP contribution in [0.5, 0.6) is 11.5 Å². The van der Waals surface area contributed by atoms with Crippen LogP contribution in [0.3, 0.4) is 0 Å². The van der Waals surface area contributed by atoms with Crippen molar-refractivity contribution in [2.24, 2.45) is 0 Å². The number of thiophene rings is 1. The highest BCUT2D eigenvalue weighted by Gasteiger charge is 2.33. The zero-order valence-corrected chi connectivity index (χ0v) is 13.6. The maximum atomic E-state index is 12.9. The maximum absolute atomic E-state index is 12.9. The molecule has 0 saturated heterocycles. The SMILES string of the molecule is FC(F)(F)c1cc2c(NCc3ccc4c(c3)OCCO4)ncnc2s1. The van der Waals surface area contributed by atoms with Crippen LogP contribution in [0.4, 0.5) is 19.0 Å². The number of ether oxygens (including phenoxy) is 2. The quantitative estimate of drug-likeness (QED) is 0.756. The Kier molecular flexibility index (Phi) is 3.87. The molecule has 0 saturated carbocycles. The summed E-state index contributed by atoms with van der Waals surface area (Å²) in [6, 6.07) is 6.60. The molecule has 130 valence electrons. The van der Waals surface area contributed by atoms with Gasteiger partial charge in [-0.05, 0) is 23.8 Å². The number of fused-ring (bicyclic) bond motifs is 2. The Morgan fingerprint density at radius 1 is 1.08 bits per heavy atom. The second-order valence-corrected chi connectivity index (χ2v) is 6.41. The summed E-state index contributed by atoms with van der Waals surface area (Å²) in [5, 5.41) is 3.43. The van der Waals surface area contributed by atoms with E-state index >= 15 is 0 Å². The lowest BCUT2D eigenvalue weighted by molar-refractivity contribution is -0.134. The Hall–Kier alpha value is -2.55. The van der Waals surface area contributed by atoms with E-state index in [1.54, 1.807) is 0 Å². The summed E-state index contributed by atoms with van der Waals surface area (Å²) in [5.74, 6) is 1.71. The molecule has 0 unspecified atom stereocenters. The minimum absolute atomic E-state index is 0.298. The van der Waals surface area contributed by atoms with Crippen molar-refractivity contribution < 1.29 is 22.6 Å². The average molecular weight is 367 g/mol.